The number of carbonyl (C=O) groups excluding carboxylic acids is 2. The van der Waals surface area contributed by atoms with Crippen LogP contribution in [0.25, 0.3) is 0 Å². The number of hydrogen-bond donors (Lipinski definition) is 3. The molecule has 0 spiro atoms. The Morgan fingerprint density at radius 1 is 1.38 bits per heavy atom. The van der Waals surface area contributed by atoms with E-state index in [4.69, 9.17) is 0 Å². The van der Waals surface area contributed by atoms with Gasteiger partial charge in [0, 0.05) is 31.8 Å². The van der Waals surface area contributed by atoms with Crippen LogP contribution in [0.3, 0.4) is 0 Å². The van der Waals surface area contributed by atoms with Gasteiger partial charge in [-0.2, -0.15) is 0 Å². The first kappa shape index (κ1) is 16.1. The zero-order valence-corrected chi connectivity index (χ0v) is 13.4. The van der Waals surface area contributed by atoms with Gasteiger partial charge >= 0.3 is 5.69 Å². The van der Waals surface area contributed by atoms with Crippen LogP contribution in [0.4, 0.5) is 5.13 Å². The van der Waals surface area contributed by atoms with E-state index in [1.807, 2.05) is 0 Å². The average molecular weight is 349 g/mol. The molecular formula is C14H15N5O4S. The molecule has 0 saturated carbocycles. The number of carbonyl (C=O) groups is 2. The lowest BCUT2D eigenvalue weighted by atomic mass is 10.2. The van der Waals surface area contributed by atoms with Crippen LogP contribution in [0.5, 0.6) is 0 Å². The molecule has 0 bridgehead atoms. The number of amides is 2. The highest BCUT2D eigenvalue weighted by Crippen LogP contribution is 2.25. The fourth-order valence-electron chi connectivity index (χ4n) is 2.31. The minimum Gasteiger partial charge on any atom is -0.351 e. The number of nitrogens with zero attached hydrogens (tertiary/aromatic N) is 2. The number of fused-ring (bicyclic) bond motifs is 1. The Bertz CT molecular complexity index is 897. The quantitative estimate of drug-likeness (QED) is 0.698. The molecule has 2 aromatic heterocycles. The van der Waals surface area contributed by atoms with Gasteiger partial charge in [0.15, 0.2) is 5.13 Å². The zero-order chi connectivity index (χ0) is 17.1. The Kier molecular flexibility index (Phi) is 4.56. The van der Waals surface area contributed by atoms with E-state index in [2.05, 4.69) is 20.6 Å². The van der Waals surface area contributed by atoms with Gasteiger partial charge in [0.05, 0.1) is 5.69 Å². The first-order valence-electron chi connectivity index (χ1n) is 7.40. The van der Waals surface area contributed by atoms with Gasteiger partial charge in [-0.05, 0) is 12.8 Å². The molecule has 0 saturated heterocycles. The molecule has 3 heterocycles. The standard InChI is InChI=1S/C14H15N5O4S/c20-9(3-6-19-7-4-10(21)18-14(19)23)17-13-16-8-2-1-5-15-12(22)11(8)24-13/h4,7H,1-3,5-6H2,(H,15,22)(H,16,17,20)(H,18,21,23). The third-order valence-corrected chi connectivity index (χ3v) is 4.51. The normalized spacial score (nSPS) is 13.8. The highest BCUT2D eigenvalue weighted by molar-refractivity contribution is 7.17. The topological polar surface area (TPSA) is 126 Å². The Hall–Kier alpha value is -2.75. The highest BCUT2D eigenvalue weighted by Gasteiger charge is 2.21. The van der Waals surface area contributed by atoms with Crippen LogP contribution in [0.1, 0.15) is 28.2 Å². The molecule has 3 rings (SSSR count). The second kappa shape index (κ2) is 6.79. The molecular weight excluding hydrogens is 334 g/mol. The van der Waals surface area contributed by atoms with Crippen molar-refractivity contribution in [2.75, 3.05) is 11.9 Å². The van der Waals surface area contributed by atoms with E-state index in [0.717, 1.165) is 17.8 Å². The Balaban J connectivity index is 1.63. The van der Waals surface area contributed by atoms with E-state index in [1.165, 1.54) is 16.8 Å². The number of anilines is 1. The Labute approximate surface area is 139 Å². The van der Waals surface area contributed by atoms with Gasteiger partial charge in [-0.3, -0.25) is 19.4 Å². The van der Waals surface area contributed by atoms with Gasteiger partial charge in [-0.1, -0.05) is 11.3 Å². The molecule has 9 nitrogen and oxygen atoms in total. The summed E-state index contributed by atoms with van der Waals surface area (Å²) < 4.78 is 1.24. The summed E-state index contributed by atoms with van der Waals surface area (Å²) in [5.74, 6) is -0.488. The number of hydrogen-bond acceptors (Lipinski definition) is 6. The lowest BCUT2D eigenvalue weighted by Gasteiger charge is -2.04. The van der Waals surface area contributed by atoms with Crippen molar-refractivity contribution in [2.24, 2.45) is 0 Å². The van der Waals surface area contributed by atoms with Crippen LogP contribution in [-0.2, 0) is 17.8 Å². The molecule has 0 aliphatic carbocycles. The summed E-state index contributed by atoms with van der Waals surface area (Å²) in [4.78, 5) is 53.3. The van der Waals surface area contributed by atoms with E-state index in [9.17, 15) is 19.2 Å². The molecule has 126 valence electrons. The fraction of sp³-hybridized carbons (Fsp3) is 0.357. The maximum atomic E-state index is 12.0. The van der Waals surface area contributed by atoms with Crippen molar-refractivity contribution in [2.45, 2.75) is 25.8 Å². The van der Waals surface area contributed by atoms with Crippen molar-refractivity contribution in [3.05, 3.63) is 43.7 Å². The molecule has 0 unspecified atom stereocenters. The Morgan fingerprint density at radius 2 is 2.21 bits per heavy atom. The molecule has 0 aromatic carbocycles. The van der Waals surface area contributed by atoms with Crippen molar-refractivity contribution in [1.29, 1.82) is 0 Å². The predicted octanol–water partition coefficient (Wildman–Crippen LogP) is -0.302. The highest BCUT2D eigenvalue weighted by atomic mass is 32.1. The monoisotopic (exact) mass is 349 g/mol. The van der Waals surface area contributed by atoms with Crippen LogP contribution in [0, 0.1) is 0 Å². The SMILES string of the molecule is O=C(CCn1ccc(=O)[nH]c1=O)Nc1nc2c(s1)C(=O)NCCC2. The van der Waals surface area contributed by atoms with Gasteiger partial charge in [0.1, 0.15) is 4.88 Å². The zero-order valence-electron chi connectivity index (χ0n) is 12.6. The van der Waals surface area contributed by atoms with Crippen molar-refractivity contribution in [3.63, 3.8) is 0 Å². The molecule has 2 aromatic rings. The largest absolute Gasteiger partial charge is 0.351 e. The maximum Gasteiger partial charge on any atom is 0.328 e. The number of nitrogens with one attached hydrogen (secondary N) is 3. The fourth-order valence-corrected chi connectivity index (χ4v) is 3.26. The van der Waals surface area contributed by atoms with Gasteiger partial charge < -0.3 is 15.2 Å². The summed E-state index contributed by atoms with van der Waals surface area (Å²) in [5, 5.41) is 5.79. The molecule has 0 atom stereocenters. The van der Waals surface area contributed by atoms with E-state index in [1.54, 1.807) is 0 Å². The summed E-state index contributed by atoms with van der Waals surface area (Å²) in [6.45, 7) is 0.755. The Morgan fingerprint density at radius 3 is 3.00 bits per heavy atom. The number of aryl methyl sites for hydroxylation is 2. The summed E-state index contributed by atoms with van der Waals surface area (Å²) in [5.41, 5.74) is -0.349. The molecule has 1 aliphatic rings. The molecule has 24 heavy (non-hydrogen) atoms. The second-order valence-corrected chi connectivity index (χ2v) is 6.26. The van der Waals surface area contributed by atoms with Crippen LogP contribution in [0.2, 0.25) is 0 Å². The molecule has 1 aliphatic heterocycles. The van der Waals surface area contributed by atoms with Gasteiger partial charge in [0.2, 0.25) is 5.91 Å². The lowest BCUT2D eigenvalue weighted by Crippen LogP contribution is -2.29. The summed E-state index contributed by atoms with van der Waals surface area (Å²) >= 11 is 1.14. The predicted molar refractivity (Wildman–Crippen MR) is 87.3 cm³/mol. The van der Waals surface area contributed by atoms with Crippen molar-refractivity contribution < 1.29 is 9.59 Å². The number of H-pyrrole nitrogens is 1. The van der Waals surface area contributed by atoms with Crippen molar-refractivity contribution >= 4 is 28.3 Å². The number of aromatic amines is 1. The third kappa shape index (κ3) is 3.59. The average Bonchev–Trinajstić information content (AvgIpc) is 2.85. The van der Waals surface area contributed by atoms with E-state index in [-0.39, 0.29) is 24.8 Å². The van der Waals surface area contributed by atoms with Crippen LogP contribution < -0.4 is 21.9 Å². The molecule has 0 fully saturated rings. The van der Waals surface area contributed by atoms with E-state index >= 15 is 0 Å². The van der Waals surface area contributed by atoms with Gasteiger partial charge in [0.25, 0.3) is 11.5 Å². The smallest absolute Gasteiger partial charge is 0.328 e. The summed E-state index contributed by atoms with van der Waals surface area (Å²) in [6, 6.07) is 1.22. The number of aromatic nitrogens is 3. The second-order valence-electron chi connectivity index (χ2n) is 5.26. The molecule has 3 N–H and O–H groups in total. The summed E-state index contributed by atoms with van der Waals surface area (Å²) in [6.07, 6.45) is 2.88. The molecule has 10 heteroatoms. The number of thiazole rings is 1. The van der Waals surface area contributed by atoms with E-state index in [0.29, 0.717) is 28.7 Å². The van der Waals surface area contributed by atoms with Crippen LogP contribution in [-0.4, -0.2) is 32.9 Å². The molecule has 0 radical (unpaired) electrons. The molecule has 2 amide bonds. The van der Waals surface area contributed by atoms with E-state index < -0.39 is 11.2 Å². The first-order chi connectivity index (χ1) is 11.5. The minimum absolute atomic E-state index is 0.0440. The van der Waals surface area contributed by atoms with Crippen LogP contribution >= 0.6 is 11.3 Å². The first-order valence-corrected chi connectivity index (χ1v) is 8.22. The van der Waals surface area contributed by atoms with Gasteiger partial charge in [-0.25, -0.2) is 9.78 Å². The van der Waals surface area contributed by atoms with Crippen LogP contribution in [0.15, 0.2) is 21.9 Å². The lowest BCUT2D eigenvalue weighted by molar-refractivity contribution is -0.116. The van der Waals surface area contributed by atoms with Crippen molar-refractivity contribution in [1.82, 2.24) is 19.9 Å². The van der Waals surface area contributed by atoms with Crippen molar-refractivity contribution in [3.8, 4) is 0 Å². The van der Waals surface area contributed by atoms with Gasteiger partial charge in [-0.15, -0.1) is 0 Å². The third-order valence-electron chi connectivity index (χ3n) is 3.50. The summed E-state index contributed by atoms with van der Waals surface area (Å²) in [7, 11) is 0. The minimum atomic E-state index is -0.562. The maximum absolute atomic E-state index is 12.0. The number of rotatable bonds is 4.